The third-order valence-corrected chi connectivity index (χ3v) is 6.05. The van der Waals surface area contributed by atoms with E-state index in [2.05, 4.69) is 20.7 Å². The van der Waals surface area contributed by atoms with Crippen molar-refractivity contribution < 1.29 is 17.9 Å². The van der Waals surface area contributed by atoms with Gasteiger partial charge < -0.3 is 5.11 Å². The van der Waals surface area contributed by atoms with Crippen LogP contribution in [0.15, 0.2) is 32.3 Å². The molecule has 20 heavy (non-hydrogen) atoms. The number of aliphatic hydroxyl groups is 1. The molecule has 0 saturated heterocycles. The van der Waals surface area contributed by atoms with Crippen LogP contribution in [0.5, 0.6) is 0 Å². The molecule has 0 aliphatic carbocycles. The predicted octanol–water partition coefficient (Wildman–Crippen LogP) is 3.25. The van der Waals surface area contributed by atoms with Crippen LogP contribution in [-0.4, -0.2) is 13.5 Å². The zero-order chi connectivity index (χ0) is 14.9. The summed E-state index contributed by atoms with van der Waals surface area (Å²) in [5, 5.41) is 10.5. The number of rotatable bonds is 4. The van der Waals surface area contributed by atoms with Crippen molar-refractivity contribution in [2.24, 2.45) is 0 Å². The second-order valence-electron chi connectivity index (χ2n) is 4.12. The van der Waals surface area contributed by atoms with Crippen LogP contribution in [0.1, 0.15) is 11.1 Å². The summed E-state index contributed by atoms with van der Waals surface area (Å²) in [6, 6.07) is 4.03. The second-order valence-corrected chi connectivity index (χ2v) is 7.79. The molecule has 2 N–H and O–H groups in total. The summed E-state index contributed by atoms with van der Waals surface area (Å²) in [7, 11) is -3.74. The summed E-state index contributed by atoms with van der Waals surface area (Å²) < 4.78 is 40.4. The number of halogens is 2. The molecule has 1 aromatic carbocycles. The maximum atomic E-state index is 13.3. The number of benzene rings is 1. The van der Waals surface area contributed by atoms with E-state index in [1.165, 1.54) is 18.2 Å². The molecule has 0 bridgehead atoms. The van der Waals surface area contributed by atoms with Gasteiger partial charge in [0.2, 0.25) is 0 Å². The summed E-state index contributed by atoms with van der Waals surface area (Å²) in [5.41, 5.74) is 1.32. The lowest BCUT2D eigenvalue weighted by Crippen LogP contribution is -2.12. The molecule has 0 atom stereocenters. The minimum Gasteiger partial charge on any atom is -0.392 e. The van der Waals surface area contributed by atoms with Gasteiger partial charge in [-0.2, -0.15) is 0 Å². The number of aliphatic hydroxyl groups excluding tert-OH is 1. The van der Waals surface area contributed by atoms with Gasteiger partial charge in [-0.1, -0.05) is 0 Å². The lowest BCUT2D eigenvalue weighted by Gasteiger charge is -2.10. The number of hydrogen-bond acceptors (Lipinski definition) is 4. The van der Waals surface area contributed by atoms with Gasteiger partial charge in [-0.3, -0.25) is 4.72 Å². The molecule has 1 heterocycles. The van der Waals surface area contributed by atoms with E-state index in [-0.39, 0.29) is 15.3 Å². The molecule has 8 heteroatoms. The first-order chi connectivity index (χ1) is 9.33. The molecule has 2 rings (SSSR count). The van der Waals surface area contributed by atoms with Crippen LogP contribution in [0.3, 0.4) is 0 Å². The maximum Gasteiger partial charge on any atom is 0.271 e. The fourth-order valence-corrected chi connectivity index (χ4v) is 4.19. The molecule has 0 aliphatic rings. The molecular weight excluding hydrogens is 369 g/mol. The number of hydrogen-bond donors (Lipinski definition) is 2. The quantitative estimate of drug-likeness (QED) is 0.856. The number of aryl methyl sites for hydroxylation is 1. The normalized spacial score (nSPS) is 11.6. The highest BCUT2D eigenvalue weighted by atomic mass is 79.9. The second kappa shape index (κ2) is 5.80. The molecule has 108 valence electrons. The minimum atomic E-state index is -3.74. The van der Waals surface area contributed by atoms with Crippen molar-refractivity contribution in [3.05, 3.63) is 45.0 Å². The van der Waals surface area contributed by atoms with E-state index in [0.717, 1.165) is 11.3 Å². The van der Waals surface area contributed by atoms with Gasteiger partial charge in [0, 0.05) is 0 Å². The Bertz CT molecular complexity index is 743. The topological polar surface area (TPSA) is 66.4 Å². The molecule has 0 spiro atoms. The van der Waals surface area contributed by atoms with Gasteiger partial charge in [-0.15, -0.1) is 11.3 Å². The van der Waals surface area contributed by atoms with E-state index in [9.17, 15) is 12.8 Å². The molecule has 0 aliphatic heterocycles. The Hall–Kier alpha value is -0.960. The van der Waals surface area contributed by atoms with Crippen LogP contribution in [0, 0.1) is 12.7 Å². The van der Waals surface area contributed by atoms with Gasteiger partial charge in [0.15, 0.2) is 0 Å². The molecule has 1 aromatic heterocycles. The summed E-state index contributed by atoms with van der Waals surface area (Å²) in [5.74, 6) is -0.455. The summed E-state index contributed by atoms with van der Waals surface area (Å²) in [6.45, 7) is 1.40. The molecule has 4 nitrogen and oxygen atoms in total. The Labute approximate surface area is 128 Å². The fraction of sp³-hybridized carbons (Fsp3) is 0.167. The third-order valence-electron chi connectivity index (χ3n) is 2.59. The largest absolute Gasteiger partial charge is 0.392 e. The number of anilines is 1. The predicted molar refractivity (Wildman–Crippen MR) is 79.9 cm³/mol. The average molecular weight is 380 g/mol. The number of sulfonamides is 1. The third kappa shape index (κ3) is 3.20. The Morgan fingerprint density at radius 1 is 1.40 bits per heavy atom. The van der Waals surface area contributed by atoms with E-state index in [1.54, 1.807) is 12.3 Å². The molecule has 0 unspecified atom stereocenters. The van der Waals surface area contributed by atoms with Gasteiger partial charge in [0.1, 0.15) is 10.0 Å². The summed E-state index contributed by atoms with van der Waals surface area (Å²) >= 11 is 4.04. The van der Waals surface area contributed by atoms with Crippen molar-refractivity contribution in [2.75, 3.05) is 4.72 Å². The van der Waals surface area contributed by atoms with Crippen LogP contribution in [0.2, 0.25) is 0 Å². The van der Waals surface area contributed by atoms with Crippen LogP contribution in [-0.2, 0) is 16.6 Å². The van der Waals surface area contributed by atoms with Crippen LogP contribution in [0.25, 0.3) is 0 Å². The molecular formula is C12H11BrFNO3S2. The molecule has 0 fully saturated rings. The summed E-state index contributed by atoms with van der Waals surface area (Å²) in [4.78, 5) is 0. The Balaban J connectivity index is 2.35. The van der Waals surface area contributed by atoms with Crippen LogP contribution >= 0.6 is 27.3 Å². The molecule has 0 saturated carbocycles. The Morgan fingerprint density at radius 3 is 2.70 bits per heavy atom. The van der Waals surface area contributed by atoms with E-state index in [4.69, 9.17) is 5.11 Å². The van der Waals surface area contributed by atoms with E-state index >= 15 is 0 Å². The first-order valence-electron chi connectivity index (χ1n) is 5.50. The zero-order valence-corrected chi connectivity index (χ0v) is 13.6. The van der Waals surface area contributed by atoms with Crippen molar-refractivity contribution in [1.29, 1.82) is 0 Å². The summed E-state index contributed by atoms with van der Waals surface area (Å²) in [6.07, 6.45) is 0. The van der Waals surface area contributed by atoms with Crippen molar-refractivity contribution in [1.82, 2.24) is 0 Å². The van der Waals surface area contributed by atoms with Gasteiger partial charge in [-0.05, 0) is 57.6 Å². The maximum absolute atomic E-state index is 13.3. The molecule has 0 radical (unpaired) electrons. The Morgan fingerprint density at radius 2 is 2.10 bits per heavy atom. The van der Waals surface area contributed by atoms with Crippen LogP contribution < -0.4 is 4.72 Å². The minimum absolute atomic E-state index is 0.0985. The highest BCUT2D eigenvalue weighted by molar-refractivity contribution is 9.10. The Kier molecular flexibility index (Phi) is 4.48. The molecule has 2 aromatic rings. The van der Waals surface area contributed by atoms with Gasteiger partial charge in [-0.25, -0.2) is 12.8 Å². The van der Waals surface area contributed by atoms with Crippen molar-refractivity contribution in [3.63, 3.8) is 0 Å². The lowest BCUT2D eigenvalue weighted by molar-refractivity contribution is 0.282. The average Bonchev–Trinajstić information content (AvgIpc) is 2.85. The fourth-order valence-electron chi connectivity index (χ4n) is 1.53. The van der Waals surface area contributed by atoms with Crippen LogP contribution in [0.4, 0.5) is 10.1 Å². The lowest BCUT2D eigenvalue weighted by atomic mass is 10.2. The van der Waals surface area contributed by atoms with Gasteiger partial charge in [0.25, 0.3) is 10.0 Å². The van der Waals surface area contributed by atoms with Gasteiger partial charge >= 0.3 is 0 Å². The monoisotopic (exact) mass is 379 g/mol. The van der Waals surface area contributed by atoms with E-state index in [0.29, 0.717) is 16.8 Å². The highest BCUT2D eigenvalue weighted by Gasteiger charge is 2.18. The van der Waals surface area contributed by atoms with Crippen molar-refractivity contribution in [3.8, 4) is 0 Å². The van der Waals surface area contributed by atoms with Crippen molar-refractivity contribution >= 4 is 43.0 Å². The highest BCUT2D eigenvalue weighted by Crippen LogP contribution is 2.28. The smallest absolute Gasteiger partial charge is 0.271 e. The molecule has 0 amide bonds. The zero-order valence-electron chi connectivity index (χ0n) is 10.4. The van der Waals surface area contributed by atoms with Crippen molar-refractivity contribution in [2.45, 2.75) is 17.7 Å². The first-order valence-corrected chi connectivity index (χ1v) is 8.66. The van der Waals surface area contributed by atoms with E-state index < -0.39 is 15.8 Å². The standard InChI is InChI=1S/C12H11BrFNO3S2/c1-7-2-10(14)9(13)4-11(7)15-20(17,18)12-3-8(5-16)6-19-12/h2-4,6,15-16H,5H2,1H3. The van der Waals surface area contributed by atoms with E-state index in [1.807, 2.05) is 0 Å². The first kappa shape index (κ1) is 15.4. The SMILES string of the molecule is Cc1cc(F)c(Br)cc1NS(=O)(=O)c1cc(CO)cs1. The number of thiophene rings is 1. The van der Waals surface area contributed by atoms with Gasteiger partial charge in [0.05, 0.1) is 16.8 Å². The number of nitrogens with one attached hydrogen (secondary N) is 1.